The first-order valence-corrected chi connectivity index (χ1v) is 5.16. The van der Waals surface area contributed by atoms with Gasteiger partial charge in [0.2, 0.25) is 5.69 Å². The van der Waals surface area contributed by atoms with Gasteiger partial charge >= 0.3 is 11.7 Å². The summed E-state index contributed by atoms with van der Waals surface area (Å²) in [6.45, 7) is 5.89. The maximum atomic E-state index is 10.8. The van der Waals surface area contributed by atoms with Gasteiger partial charge in [0.15, 0.2) is 0 Å². The van der Waals surface area contributed by atoms with Crippen LogP contribution in [0, 0.1) is 27.4 Å². The van der Waals surface area contributed by atoms with Gasteiger partial charge in [0, 0.05) is 5.41 Å². The largest absolute Gasteiger partial charge is 0.476 e. The minimum Gasteiger partial charge on any atom is -0.476 e. The molecule has 0 atom stereocenters. The average molecular weight is 251 g/mol. The lowest BCUT2D eigenvalue weighted by Gasteiger charge is -2.06. The molecule has 1 aromatic rings. The van der Waals surface area contributed by atoms with Gasteiger partial charge in [-0.3, -0.25) is 14.8 Å². The topological polar surface area (TPSA) is 98.3 Å². The van der Waals surface area contributed by atoms with E-state index < -0.39 is 22.3 Å². The molecule has 0 saturated heterocycles. The van der Waals surface area contributed by atoms with E-state index >= 15 is 0 Å². The van der Waals surface area contributed by atoms with E-state index in [-0.39, 0.29) is 12.0 Å². The van der Waals surface area contributed by atoms with Crippen molar-refractivity contribution in [3.05, 3.63) is 22.0 Å². The zero-order chi connectivity index (χ0) is 13.9. The van der Waals surface area contributed by atoms with Crippen LogP contribution in [-0.4, -0.2) is 25.8 Å². The van der Waals surface area contributed by atoms with Crippen molar-refractivity contribution in [3.63, 3.8) is 0 Å². The molecular formula is C11H13N3O4. The number of carboxylic acids is 1. The third-order valence-corrected chi connectivity index (χ3v) is 1.85. The van der Waals surface area contributed by atoms with Crippen LogP contribution in [0.5, 0.6) is 0 Å². The SMILES string of the molecule is CC(C)(C)C#CCn1cc([N+](=O)[O-])c(C(=O)O)n1. The summed E-state index contributed by atoms with van der Waals surface area (Å²) in [5.41, 5.74) is -1.29. The lowest BCUT2D eigenvalue weighted by atomic mass is 9.98. The van der Waals surface area contributed by atoms with Gasteiger partial charge in [0.25, 0.3) is 0 Å². The lowest BCUT2D eigenvalue weighted by molar-refractivity contribution is -0.385. The van der Waals surface area contributed by atoms with E-state index in [1.54, 1.807) is 0 Å². The molecule has 0 spiro atoms. The molecule has 0 aromatic carbocycles. The van der Waals surface area contributed by atoms with Crippen LogP contribution in [0.3, 0.4) is 0 Å². The summed E-state index contributed by atoms with van der Waals surface area (Å²) in [6, 6.07) is 0. The van der Waals surface area contributed by atoms with Gasteiger partial charge < -0.3 is 5.11 Å². The first kappa shape index (κ1) is 13.7. The molecule has 1 aromatic heterocycles. The molecule has 0 amide bonds. The number of carbonyl (C=O) groups is 1. The Balaban J connectivity index is 2.98. The van der Waals surface area contributed by atoms with Crippen molar-refractivity contribution in [1.82, 2.24) is 9.78 Å². The Morgan fingerprint density at radius 3 is 2.61 bits per heavy atom. The van der Waals surface area contributed by atoms with Crippen LogP contribution in [0.25, 0.3) is 0 Å². The number of aromatic nitrogens is 2. The first-order valence-electron chi connectivity index (χ1n) is 5.16. The summed E-state index contributed by atoms with van der Waals surface area (Å²) >= 11 is 0. The molecule has 1 heterocycles. The standard InChI is InChI=1S/C11H13N3O4/c1-11(2,3)5-4-6-13-7-8(14(17)18)9(12-13)10(15)16/h7H,6H2,1-3H3,(H,15,16). The molecule has 0 aliphatic carbocycles. The molecule has 18 heavy (non-hydrogen) atoms. The van der Waals surface area contributed by atoms with E-state index in [1.807, 2.05) is 20.8 Å². The van der Waals surface area contributed by atoms with Crippen LogP contribution >= 0.6 is 0 Å². The fourth-order valence-corrected chi connectivity index (χ4v) is 1.16. The average Bonchev–Trinajstić information content (AvgIpc) is 2.60. The molecule has 7 nitrogen and oxygen atoms in total. The monoisotopic (exact) mass is 251 g/mol. The number of aromatic carboxylic acids is 1. The number of hydrogen-bond acceptors (Lipinski definition) is 4. The minimum absolute atomic E-state index is 0.116. The van der Waals surface area contributed by atoms with E-state index in [0.29, 0.717) is 0 Å². The highest BCUT2D eigenvalue weighted by molar-refractivity contribution is 5.89. The molecule has 0 radical (unpaired) electrons. The third-order valence-electron chi connectivity index (χ3n) is 1.85. The summed E-state index contributed by atoms with van der Waals surface area (Å²) in [5, 5.41) is 23.0. The second-order valence-electron chi connectivity index (χ2n) is 4.67. The van der Waals surface area contributed by atoms with Gasteiger partial charge in [0.05, 0.1) is 4.92 Å². The van der Waals surface area contributed by atoms with Crippen molar-refractivity contribution >= 4 is 11.7 Å². The molecule has 0 aliphatic heterocycles. The number of carboxylic acid groups (broad SMARTS) is 1. The molecule has 0 saturated carbocycles. The number of rotatable bonds is 3. The van der Waals surface area contributed by atoms with E-state index in [1.165, 1.54) is 0 Å². The molecule has 1 rings (SSSR count). The van der Waals surface area contributed by atoms with Crippen molar-refractivity contribution in [1.29, 1.82) is 0 Å². The van der Waals surface area contributed by atoms with Crippen LogP contribution in [0.1, 0.15) is 31.3 Å². The van der Waals surface area contributed by atoms with Gasteiger partial charge in [-0.05, 0) is 20.8 Å². The van der Waals surface area contributed by atoms with E-state index in [9.17, 15) is 14.9 Å². The number of nitro groups is 1. The molecule has 1 N–H and O–H groups in total. The zero-order valence-electron chi connectivity index (χ0n) is 10.3. The van der Waals surface area contributed by atoms with Crippen molar-refractivity contribution in [3.8, 4) is 11.8 Å². The highest BCUT2D eigenvalue weighted by Crippen LogP contribution is 2.16. The van der Waals surface area contributed by atoms with Gasteiger partial charge in [-0.15, -0.1) is 0 Å². The molecule has 96 valence electrons. The molecule has 0 aliphatic rings. The van der Waals surface area contributed by atoms with Gasteiger partial charge in [-0.2, -0.15) is 5.10 Å². The van der Waals surface area contributed by atoms with Crippen LogP contribution in [0.4, 0.5) is 5.69 Å². The summed E-state index contributed by atoms with van der Waals surface area (Å²) < 4.78 is 1.15. The number of hydrogen-bond donors (Lipinski definition) is 1. The summed E-state index contributed by atoms with van der Waals surface area (Å²) in [6.07, 6.45) is 1.07. The van der Waals surface area contributed by atoms with Crippen molar-refractivity contribution in [2.75, 3.05) is 0 Å². The van der Waals surface area contributed by atoms with Crippen molar-refractivity contribution in [2.45, 2.75) is 27.3 Å². The van der Waals surface area contributed by atoms with Gasteiger partial charge in [0.1, 0.15) is 12.7 Å². The smallest absolute Gasteiger partial charge is 0.363 e. The van der Waals surface area contributed by atoms with Crippen LogP contribution in [0.2, 0.25) is 0 Å². The maximum absolute atomic E-state index is 10.8. The maximum Gasteiger partial charge on any atom is 0.363 e. The summed E-state index contributed by atoms with van der Waals surface area (Å²) in [7, 11) is 0. The molecular weight excluding hydrogens is 238 g/mol. The Morgan fingerprint density at radius 2 is 2.22 bits per heavy atom. The highest BCUT2D eigenvalue weighted by atomic mass is 16.6. The van der Waals surface area contributed by atoms with Crippen LogP contribution in [0.15, 0.2) is 6.20 Å². The predicted molar refractivity (Wildman–Crippen MR) is 63.1 cm³/mol. The predicted octanol–water partition coefficient (Wildman–Crippen LogP) is 1.54. The minimum atomic E-state index is -1.43. The Kier molecular flexibility index (Phi) is 3.71. The summed E-state index contributed by atoms with van der Waals surface area (Å²) in [4.78, 5) is 20.6. The Bertz CT molecular complexity index is 511. The molecule has 0 unspecified atom stereocenters. The molecule has 7 heteroatoms. The van der Waals surface area contributed by atoms with E-state index in [2.05, 4.69) is 16.9 Å². The van der Waals surface area contributed by atoms with E-state index in [0.717, 1.165) is 10.9 Å². The second-order valence-corrected chi connectivity index (χ2v) is 4.67. The Hall–Kier alpha value is -2.36. The quantitative estimate of drug-likeness (QED) is 0.499. The van der Waals surface area contributed by atoms with Crippen molar-refractivity contribution < 1.29 is 14.8 Å². The summed E-state index contributed by atoms with van der Waals surface area (Å²) in [5.74, 6) is 4.30. The molecule has 0 fully saturated rings. The fraction of sp³-hybridized carbons (Fsp3) is 0.455. The van der Waals surface area contributed by atoms with Crippen LogP contribution in [-0.2, 0) is 6.54 Å². The highest BCUT2D eigenvalue weighted by Gasteiger charge is 2.24. The number of nitrogens with zero attached hydrogens (tertiary/aromatic N) is 3. The first-order chi connectivity index (χ1) is 8.20. The van der Waals surface area contributed by atoms with E-state index in [4.69, 9.17) is 5.11 Å². The van der Waals surface area contributed by atoms with Crippen molar-refractivity contribution in [2.24, 2.45) is 5.41 Å². The second kappa shape index (κ2) is 4.87. The normalized spacial score (nSPS) is 10.6. The fourth-order valence-electron chi connectivity index (χ4n) is 1.16. The molecule has 0 bridgehead atoms. The van der Waals surface area contributed by atoms with Gasteiger partial charge in [-0.1, -0.05) is 11.8 Å². The Labute approximate surface area is 104 Å². The van der Waals surface area contributed by atoms with Crippen LogP contribution < -0.4 is 0 Å². The lowest BCUT2D eigenvalue weighted by Crippen LogP contribution is -2.04. The van der Waals surface area contributed by atoms with Gasteiger partial charge in [-0.25, -0.2) is 4.79 Å². The zero-order valence-corrected chi connectivity index (χ0v) is 10.3. The Morgan fingerprint density at radius 1 is 1.61 bits per heavy atom. The third kappa shape index (κ3) is 3.59.